The molecular weight excluding hydrogens is 476 g/mol. The number of benzene rings is 2. The molecule has 1 atom stereocenters. The zero-order valence-electron chi connectivity index (χ0n) is 20.9. The molecule has 8 nitrogen and oxygen atoms in total. The summed E-state index contributed by atoms with van der Waals surface area (Å²) in [5.41, 5.74) is 4.25. The second-order valence-electron chi connectivity index (χ2n) is 8.23. The van der Waals surface area contributed by atoms with Gasteiger partial charge in [0.05, 0.1) is 13.7 Å². The number of ether oxygens (including phenoxy) is 3. The largest absolute Gasteiger partial charge is 0.488 e. The number of tetrazole rings is 1. The number of carbonyl (C=O) groups is 1. The van der Waals surface area contributed by atoms with Gasteiger partial charge in [0.1, 0.15) is 12.4 Å². The summed E-state index contributed by atoms with van der Waals surface area (Å²) in [5.74, 6) is 1.06. The molecule has 9 heteroatoms. The van der Waals surface area contributed by atoms with E-state index in [1.807, 2.05) is 43.3 Å². The molecule has 188 valence electrons. The van der Waals surface area contributed by atoms with Crippen LogP contribution in [-0.2, 0) is 34.3 Å². The molecule has 0 aliphatic rings. The zero-order chi connectivity index (χ0) is 25.5. The Hall–Kier alpha value is -3.56. The molecule has 4 aromatic rings. The van der Waals surface area contributed by atoms with E-state index in [0.29, 0.717) is 32.1 Å². The van der Waals surface area contributed by atoms with Crippen LogP contribution in [-0.4, -0.2) is 45.5 Å². The molecule has 0 aliphatic carbocycles. The summed E-state index contributed by atoms with van der Waals surface area (Å²) in [5, 5.41) is 12.2. The van der Waals surface area contributed by atoms with Crippen LogP contribution in [0.4, 0.5) is 0 Å². The van der Waals surface area contributed by atoms with E-state index in [9.17, 15) is 4.79 Å². The Morgan fingerprint density at radius 2 is 1.75 bits per heavy atom. The van der Waals surface area contributed by atoms with Crippen molar-refractivity contribution in [3.05, 3.63) is 70.6 Å². The van der Waals surface area contributed by atoms with Crippen molar-refractivity contribution in [3.63, 3.8) is 0 Å². The van der Waals surface area contributed by atoms with Gasteiger partial charge in [-0.15, -0.1) is 21.5 Å². The highest BCUT2D eigenvalue weighted by molar-refractivity contribution is 7.15. The molecule has 0 fully saturated rings. The van der Waals surface area contributed by atoms with Crippen molar-refractivity contribution >= 4 is 17.3 Å². The van der Waals surface area contributed by atoms with Crippen molar-refractivity contribution in [1.29, 1.82) is 0 Å². The maximum atomic E-state index is 12.1. The Labute approximate surface area is 214 Å². The standard InChI is InChI=1S/C27H30N4O4S/c1-5-33-23(27(32)34-6-2)16-19-7-13-22(14-8-19)35-17-25-18(3)15-24(36-25)20-9-11-21(12-10-20)26-28-30-31(4)29-26/h7-15,23H,5-6,16-17H2,1-4H3. The number of rotatable bonds is 11. The van der Waals surface area contributed by atoms with Crippen molar-refractivity contribution in [1.82, 2.24) is 20.2 Å². The third-order valence-electron chi connectivity index (χ3n) is 5.59. The van der Waals surface area contributed by atoms with E-state index in [1.54, 1.807) is 25.3 Å². The Bertz CT molecular complexity index is 1280. The first-order chi connectivity index (χ1) is 17.5. The monoisotopic (exact) mass is 506 g/mol. The van der Waals surface area contributed by atoms with Gasteiger partial charge in [0.15, 0.2) is 6.10 Å². The SMILES string of the molecule is CCOC(=O)C(Cc1ccc(OCc2sc(-c3ccc(-c4nnn(C)n4)cc3)cc2C)cc1)OCC. The predicted octanol–water partition coefficient (Wildman–Crippen LogP) is 5.00. The molecule has 0 saturated heterocycles. The van der Waals surface area contributed by atoms with Crippen molar-refractivity contribution in [2.24, 2.45) is 7.05 Å². The highest BCUT2D eigenvalue weighted by Gasteiger charge is 2.20. The van der Waals surface area contributed by atoms with Crippen molar-refractivity contribution < 1.29 is 19.0 Å². The first-order valence-electron chi connectivity index (χ1n) is 11.9. The maximum absolute atomic E-state index is 12.1. The summed E-state index contributed by atoms with van der Waals surface area (Å²) in [6.07, 6.45) is -0.133. The van der Waals surface area contributed by atoms with Crippen LogP contribution < -0.4 is 4.74 Å². The number of aryl methyl sites for hydroxylation is 2. The third-order valence-corrected chi connectivity index (χ3v) is 6.85. The molecule has 2 aromatic carbocycles. The molecule has 4 rings (SSSR count). The van der Waals surface area contributed by atoms with Crippen LogP contribution in [0.3, 0.4) is 0 Å². The highest BCUT2D eigenvalue weighted by Crippen LogP contribution is 2.33. The van der Waals surface area contributed by atoms with Crippen LogP contribution in [0.2, 0.25) is 0 Å². The van der Waals surface area contributed by atoms with Crippen LogP contribution in [0.25, 0.3) is 21.8 Å². The number of aromatic nitrogens is 4. The van der Waals surface area contributed by atoms with Crippen molar-refractivity contribution in [2.45, 2.75) is 39.9 Å². The average Bonchev–Trinajstić information content (AvgIpc) is 3.49. The van der Waals surface area contributed by atoms with Gasteiger partial charge in [0, 0.05) is 28.3 Å². The van der Waals surface area contributed by atoms with Gasteiger partial charge in [-0.05, 0) is 60.9 Å². The summed E-state index contributed by atoms with van der Waals surface area (Å²) in [6.45, 7) is 7.04. The fourth-order valence-electron chi connectivity index (χ4n) is 3.72. The summed E-state index contributed by atoms with van der Waals surface area (Å²) in [4.78, 5) is 15.9. The fraction of sp³-hybridized carbons (Fsp3) is 0.333. The van der Waals surface area contributed by atoms with Gasteiger partial charge in [-0.1, -0.05) is 36.4 Å². The van der Waals surface area contributed by atoms with E-state index in [0.717, 1.165) is 22.4 Å². The Kier molecular flexibility index (Phi) is 8.45. The molecule has 0 saturated carbocycles. The Morgan fingerprint density at radius 1 is 1.03 bits per heavy atom. The molecule has 0 amide bonds. The molecule has 2 heterocycles. The first kappa shape index (κ1) is 25.5. The van der Waals surface area contributed by atoms with Crippen molar-refractivity contribution in [3.8, 4) is 27.6 Å². The topological polar surface area (TPSA) is 88.4 Å². The number of carbonyl (C=O) groups excluding carboxylic acids is 1. The number of esters is 1. The average molecular weight is 507 g/mol. The second kappa shape index (κ2) is 11.9. The van der Waals surface area contributed by atoms with Gasteiger partial charge >= 0.3 is 5.97 Å². The lowest BCUT2D eigenvalue weighted by Crippen LogP contribution is -2.28. The van der Waals surface area contributed by atoms with E-state index in [-0.39, 0.29) is 5.97 Å². The normalized spacial score (nSPS) is 11.9. The third kappa shape index (κ3) is 6.35. The smallest absolute Gasteiger partial charge is 0.335 e. The molecule has 0 radical (unpaired) electrons. The molecule has 0 aliphatic heterocycles. The van der Waals surface area contributed by atoms with Crippen LogP contribution in [0.5, 0.6) is 5.75 Å². The fourth-order valence-corrected chi connectivity index (χ4v) is 4.81. The van der Waals surface area contributed by atoms with Crippen LogP contribution in [0.15, 0.2) is 54.6 Å². The number of nitrogens with zero attached hydrogens (tertiary/aromatic N) is 4. The van der Waals surface area contributed by atoms with Gasteiger partial charge in [-0.3, -0.25) is 0 Å². The molecule has 1 unspecified atom stereocenters. The second-order valence-corrected chi connectivity index (χ2v) is 9.37. The number of hydrogen-bond acceptors (Lipinski definition) is 8. The van der Waals surface area contributed by atoms with Gasteiger partial charge in [0.2, 0.25) is 5.82 Å². The van der Waals surface area contributed by atoms with Crippen molar-refractivity contribution in [2.75, 3.05) is 13.2 Å². The summed E-state index contributed by atoms with van der Waals surface area (Å²) in [7, 11) is 1.75. The predicted molar refractivity (Wildman–Crippen MR) is 139 cm³/mol. The Balaban J connectivity index is 1.36. The molecule has 2 aromatic heterocycles. The molecule has 0 spiro atoms. The molecule has 0 N–H and O–H groups in total. The van der Waals surface area contributed by atoms with Crippen LogP contribution in [0.1, 0.15) is 29.9 Å². The van der Waals surface area contributed by atoms with Crippen LogP contribution in [0, 0.1) is 6.92 Å². The zero-order valence-corrected chi connectivity index (χ0v) is 21.7. The van der Waals surface area contributed by atoms with Crippen LogP contribution >= 0.6 is 11.3 Å². The summed E-state index contributed by atoms with van der Waals surface area (Å²) >= 11 is 1.72. The number of hydrogen-bond donors (Lipinski definition) is 0. The lowest BCUT2D eigenvalue weighted by Gasteiger charge is -2.15. The van der Waals surface area contributed by atoms with Gasteiger partial charge in [-0.2, -0.15) is 4.80 Å². The van der Waals surface area contributed by atoms with Gasteiger partial charge in [-0.25, -0.2) is 4.79 Å². The highest BCUT2D eigenvalue weighted by atomic mass is 32.1. The quantitative estimate of drug-likeness (QED) is 0.264. The minimum Gasteiger partial charge on any atom is -0.488 e. The first-order valence-corrected chi connectivity index (χ1v) is 12.7. The van der Waals surface area contributed by atoms with E-state index in [4.69, 9.17) is 14.2 Å². The number of thiophene rings is 1. The van der Waals surface area contributed by atoms with Gasteiger partial charge in [0.25, 0.3) is 0 Å². The summed E-state index contributed by atoms with van der Waals surface area (Å²) < 4.78 is 16.7. The van der Waals surface area contributed by atoms with E-state index in [1.165, 1.54) is 20.1 Å². The maximum Gasteiger partial charge on any atom is 0.335 e. The minimum absolute atomic E-state index is 0.330. The lowest BCUT2D eigenvalue weighted by molar-refractivity contribution is -0.156. The lowest BCUT2D eigenvalue weighted by atomic mass is 10.1. The molecule has 36 heavy (non-hydrogen) atoms. The molecular formula is C27H30N4O4S. The van der Waals surface area contributed by atoms with E-state index >= 15 is 0 Å². The van der Waals surface area contributed by atoms with E-state index < -0.39 is 6.10 Å². The minimum atomic E-state index is -0.597. The van der Waals surface area contributed by atoms with E-state index in [2.05, 4.69) is 40.5 Å². The van der Waals surface area contributed by atoms with Gasteiger partial charge < -0.3 is 14.2 Å². The molecule has 0 bridgehead atoms. The summed E-state index contributed by atoms with van der Waals surface area (Å²) in [6, 6.07) is 18.1. The Morgan fingerprint density at radius 3 is 2.39 bits per heavy atom.